The van der Waals surface area contributed by atoms with Crippen LogP contribution >= 0.6 is 11.6 Å². The van der Waals surface area contributed by atoms with Crippen LogP contribution in [0.15, 0.2) is 18.5 Å². The van der Waals surface area contributed by atoms with Gasteiger partial charge in [0.15, 0.2) is 0 Å². The molecule has 5 nitrogen and oxygen atoms in total. The van der Waals surface area contributed by atoms with Crippen LogP contribution in [0.5, 0.6) is 0 Å². The SMILES string of the molecule is Cc1n[nH]c(C)c1NC(=O)c1ccncc1Cl. The lowest BCUT2D eigenvalue weighted by Gasteiger charge is -2.06. The number of halogens is 1. The lowest BCUT2D eigenvalue weighted by molar-refractivity contribution is 0.102. The van der Waals surface area contributed by atoms with Gasteiger partial charge >= 0.3 is 0 Å². The number of aryl methyl sites for hydroxylation is 2. The standard InChI is InChI=1S/C11H11ClN4O/c1-6-10(7(2)16-15-6)14-11(17)8-3-4-13-5-9(8)12/h3-5H,1-2H3,(H,14,17)(H,15,16). The quantitative estimate of drug-likeness (QED) is 0.859. The third-order valence-corrected chi connectivity index (χ3v) is 2.68. The zero-order valence-electron chi connectivity index (χ0n) is 9.41. The van der Waals surface area contributed by atoms with E-state index in [4.69, 9.17) is 11.6 Å². The van der Waals surface area contributed by atoms with E-state index in [0.29, 0.717) is 16.3 Å². The van der Waals surface area contributed by atoms with Gasteiger partial charge in [0.1, 0.15) is 0 Å². The number of nitrogens with one attached hydrogen (secondary N) is 2. The summed E-state index contributed by atoms with van der Waals surface area (Å²) in [4.78, 5) is 15.8. The van der Waals surface area contributed by atoms with Crippen LogP contribution in [0, 0.1) is 13.8 Å². The van der Waals surface area contributed by atoms with Gasteiger partial charge in [0.05, 0.1) is 27.7 Å². The number of anilines is 1. The summed E-state index contributed by atoms with van der Waals surface area (Å²) in [5.74, 6) is -0.273. The second kappa shape index (κ2) is 4.55. The van der Waals surface area contributed by atoms with Crippen LogP contribution in [0.3, 0.4) is 0 Å². The summed E-state index contributed by atoms with van der Waals surface area (Å²) in [7, 11) is 0. The number of carbonyl (C=O) groups excluding carboxylic acids is 1. The Morgan fingerprint density at radius 2 is 2.24 bits per heavy atom. The molecule has 2 aromatic heterocycles. The minimum atomic E-state index is -0.273. The summed E-state index contributed by atoms with van der Waals surface area (Å²) in [5.41, 5.74) is 2.62. The summed E-state index contributed by atoms with van der Waals surface area (Å²) in [6.45, 7) is 3.65. The molecule has 0 saturated heterocycles. The van der Waals surface area contributed by atoms with Gasteiger partial charge in [-0.25, -0.2) is 0 Å². The van der Waals surface area contributed by atoms with Gasteiger partial charge in [-0.15, -0.1) is 0 Å². The maximum atomic E-state index is 12.0. The predicted octanol–water partition coefficient (Wildman–Crippen LogP) is 2.33. The molecule has 0 aliphatic carbocycles. The number of hydrogen-bond donors (Lipinski definition) is 2. The van der Waals surface area contributed by atoms with Crippen molar-refractivity contribution in [3.8, 4) is 0 Å². The highest BCUT2D eigenvalue weighted by atomic mass is 35.5. The van der Waals surface area contributed by atoms with Gasteiger partial charge in [-0.3, -0.25) is 14.9 Å². The molecule has 0 aliphatic heterocycles. The third kappa shape index (κ3) is 2.29. The number of amides is 1. The second-order valence-corrected chi connectivity index (χ2v) is 4.03. The number of aromatic nitrogens is 3. The summed E-state index contributed by atoms with van der Waals surface area (Å²) >= 11 is 5.89. The molecule has 6 heteroatoms. The van der Waals surface area contributed by atoms with E-state index in [9.17, 15) is 4.79 Å². The molecule has 0 aliphatic rings. The van der Waals surface area contributed by atoms with Crippen molar-refractivity contribution < 1.29 is 4.79 Å². The maximum absolute atomic E-state index is 12.0. The molecule has 0 atom stereocenters. The molecule has 0 bridgehead atoms. The van der Waals surface area contributed by atoms with Crippen LogP contribution in [0.2, 0.25) is 5.02 Å². The Balaban J connectivity index is 2.27. The first-order valence-corrected chi connectivity index (χ1v) is 5.40. The van der Waals surface area contributed by atoms with Crippen molar-refractivity contribution in [3.63, 3.8) is 0 Å². The Morgan fingerprint density at radius 1 is 1.47 bits per heavy atom. The molecule has 0 unspecified atom stereocenters. The number of pyridine rings is 1. The molecule has 2 heterocycles. The summed E-state index contributed by atoms with van der Waals surface area (Å²) in [6.07, 6.45) is 2.96. The molecule has 2 rings (SSSR count). The fraction of sp³-hybridized carbons (Fsp3) is 0.182. The lowest BCUT2D eigenvalue weighted by Crippen LogP contribution is -2.13. The van der Waals surface area contributed by atoms with E-state index in [2.05, 4.69) is 20.5 Å². The Kier molecular flexibility index (Phi) is 3.10. The number of nitrogens with zero attached hydrogens (tertiary/aromatic N) is 2. The van der Waals surface area contributed by atoms with Crippen molar-refractivity contribution in [1.29, 1.82) is 0 Å². The van der Waals surface area contributed by atoms with E-state index < -0.39 is 0 Å². The average molecular weight is 251 g/mol. The van der Waals surface area contributed by atoms with Gasteiger partial charge in [-0.05, 0) is 19.9 Å². The molecule has 0 fully saturated rings. The highest BCUT2D eigenvalue weighted by Crippen LogP contribution is 2.19. The Labute approximate surface area is 103 Å². The van der Waals surface area contributed by atoms with Crippen molar-refractivity contribution in [1.82, 2.24) is 15.2 Å². The van der Waals surface area contributed by atoms with E-state index in [1.807, 2.05) is 13.8 Å². The summed E-state index contributed by atoms with van der Waals surface area (Å²) < 4.78 is 0. The highest BCUT2D eigenvalue weighted by molar-refractivity contribution is 6.34. The van der Waals surface area contributed by atoms with E-state index in [1.54, 1.807) is 6.07 Å². The fourth-order valence-electron chi connectivity index (χ4n) is 1.48. The van der Waals surface area contributed by atoms with Crippen LogP contribution < -0.4 is 5.32 Å². The molecule has 0 radical (unpaired) electrons. The molecule has 0 spiro atoms. The largest absolute Gasteiger partial charge is 0.319 e. The van der Waals surface area contributed by atoms with Crippen LogP contribution in [0.1, 0.15) is 21.7 Å². The van der Waals surface area contributed by atoms with Gasteiger partial charge in [0.25, 0.3) is 5.91 Å². The minimum Gasteiger partial charge on any atom is -0.319 e. The predicted molar refractivity (Wildman–Crippen MR) is 65.3 cm³/mol. The van der Waals surface area contributed by atoms with E-state index >= 15 is 0 Å². The van der Waals surface area contributed by atoms with Gasteiger partial charge in [0.2, 0.25) is 0 Å². The van der Waals surface area contributed by atoms with Crippen molar-refractivity contribution in [3.05, 3.63) is 40.4 Å². The number of rotatable bonds is 2. The number of H-pyrrole nitrogens is 1. The molecular formula is C11H11ClN4O. The van der Waals surface area contributed by atoms with Gasteiger partial charge in [-0.2, -0.15) is 5.10 Å². The topological polar surface area (TPSA) is 70.7 Å². The first-order valence-electron chi connectivity index (χ1n) is 5.02. The molecule has 0 saturated carbocycles. The monoisotopic (exact) mass is 250 g/mol. The highest BCUT2D eigenvalue weighted by Gasteiger charge is 2.14. The fourth-order valence-corrected chi connectivity index (χ4v) is 1.68. The van der Waals surface area contributed by atoms with E-state index in [0.717, 1.165) is 11.4 Å². The smallest absolute Gasteiger partial charge is 0.257 e. The summed E-state index contributed by atoms with van der Waals surface area (Å²) in [5, 5.41) is 9.89. The lowest BCUT2D eigenvalue weighted by atomic mass is 10.2. The third-order valence-electron chi connectivity index (χ3n) is 2.38. The molecule has 2 aromatic rings. The molecule has 1 amide bonds. The molecule has 0 aromatic carbocycles. The van der Waals surface area contributed by atoms with Crippen molar-refractivity contribution in [2.75, 3.05) is 5.32 Å². The zero-order chi connectivity index (χ0) is 12.4. The Morgan fingerprint density at radius 3 is 2.82 bits per heavy atom. The molecule has 2 N–H and O–H groups in total. The van der Waals surface area contributed by atoms with Crippen LogP contribution in [-0.2, 0) is 0 Å². The van der Waals surface area contributed by atoms with E-state index in [1.165, 1.54) is 12.4 Å². The second-order valence-electron chi connectivity index (χ2n) is 3.62. The first-order chi connectivity index (χ1) is 8.09. The zero-order valence-corrected chi connectivity index (χ0v) is 10.2. The van der Waals surface area contributed by atoms with Crippen molar-refractivity contribution >= 4 is 23.2 Å². The first kappa shape index (κ1) is 11.6. The van der Waals surface area contributed by atoms with Crippen LogP contribution in [0.4, 0.5) is 5.69 Å². The molecule has 88 valence electrons. The average Bonchev–Trinajstić information content (AvgIpc) is 2.61. The number of carbonyl (C=O) groups is 1. The maximum Gasteiger partial charge on any atom is 0.257 e. The van der Waals surface area contributed by atoms with Crippen LogP contribution in [0.25, 0.3) is 0 Å². The Hall–Kier alpha value is -1.88. The number of aromatic amines is 1. The normalized spacial score (nSPS) is 10.3. The van der Waals surface area contributed by atoms with Crippen LogP contribution in [-0.4, -0.2) is 21.1 Å². The summed E-state index contributed by atoms with van der Waals surface area (Å²) in [6, 6.07) is 1.57. The minimum absolute atomic E-state index is 0.273. The van der Waals surface area contributed by atoms with Gasteiger partial charge < -0.3 is 5.32 Å². The molecular weight excluding hydrogens is 240 g/mol. The van der Waals surface area contributed by atoms with E-state index in [-0.39, 0.29) is 5.91 Å². The Bertz CT molecular complexity index is 545. The number of hydrogen-bond acceptors (Lipinski definition) is 3. The van der Waals surface area contributed by atoms with Crippen molar-refractivity contribution in [2.24, 2.45) is 0 Å². The van der Waals surface area contributed by atoms with Crippen molar-refractivity contribution in [2.45, 2.75) is 13.8 Å². The van der Waals surface area contributed by atoms with Gasteiger partial charge in [-0.1, -0.05) is 11.6 Å². The van der Waals surface area contributed by atoms with Gasteiger partial charge in [0, 0.05) is 12.4 Å². The molecule has 17 heavy (non-hydrogen) atoms.